The summed E-state index contributed by atoms with van der Waals surface area (Å²) in [5.41, 5.74) is 3.66. The normalized spacial score (nSPS) is 12.6. The lowest BCUT2D eigenvalue weighted by Gasteiger charge is -2.11. The fourth-order valence-electron chi connectivity index (χ4n) is 1.23. The molecule has 0 radical (unpaired) electrons. The van der Waals surface area contributed by atoms with Gasteiger partial charge in [0, 0.05) is 12.2 Å². The summed E-state index contributed by atoms with van der Waals surface area (Å²) in [6, 6.07) is 6.25. The Hall–Kier alpha value is -1.02. The van der Waals surface area contributed by atoms with Crippen LogP contribution in [0.3, 0.4) is 0 Å². The first kappa shape index (κ1) is 11.1. The highest BCUT2D eigenvalue weighted by molar-refractivity contribution is 5.48. The number of aryl methyl sites for hydroxylation is 2. The minimum absolute atomic E-state index is 0.253. The fraction of sp³-hybridized carbons (Fsp3) is 0.500. The SMILES string of the molecule is CCC(O)CNc1ccc(C)c(C)c1. The van der Waals surface area contributed by atoms with E-state index in [0.717, 1.165) is 12.1 Å². The van der Waals surface area contributed by atoms with E-state index >= 15 is 0 Å². The highest BCUT2D eigenvalue weighted by Gasteiger charge is 2.00. The second kappa shape index (κ2) is 5.01. The van der Waals surface area contributed by atoms with Crippen LogP contribution in [0.15, 0.2) is 18.2 Å². The molecule has 14 heavy (non-hydrogen) atoms. The summed E-state index contributed by atoms with van der Waals surface area (Å²) >= 11 is 0. The quantitative estimate of drug-likeness (QED) is 0.770. The van der Waals surface area contributed by atoms with E-state index in [2.05, 4.69) is 31.3 Å². The second-order valence-corrected chi connectivity index (χ2v) is 3.74. The van der Waals surface area contributed by atoms with Crippen LogP contribution in [0.2, 0.25) is 0 Å². The first-order chi connectivity index (χ1) is 6.63. The van der Waals surface area contributed by atoms with E-state index in [1.807, 2.05) is 13.0 Å². The molecule has 1 atom stereocenters. The summed E-state index contributed by atoms with van der Waals surface area (Å²) in [6.45, 7) is 6.79. The van der Waals surface area contributed by atoms with Crippen LogP contribution in [-0.4, -0.2) is 17.8 Å². The molecule has 78 valence electrons. The standard InChI is InChI=1S/C12H19NO/c1-4-12(14)8-13-11-6-5-9(2)10(3)7-11/h5-7,12-14H,4,8H2,1-3H3. The van der Waals surface area contributed by atoms with Gasteiger partial charge in [0.2, 0.25) is 0 Å². The Kier molecular flexibility index (Phi) is 3.96. The summed E-state index contributed by atoms with van der Waals surface area (Å²) in [4.78, 5) is 0. The zero-order valence-electron chi connectivity index (χ0n) is 9.17. The molecular weight excluding hydrogens is 174 g/mol. The van der Waals surface area contributed by atoms with E-state index in [9.17, 15) is 5.11 Å². The molecule has 2 N–H and O–H groups in total. The van der Waals surface area contributed by atoms with E-state index in [4.69, 9.17) is 0 Å². The van der Waals surface area contributed by atoms with Crippen molar-refractivity contribution < 1.29 is 5.11 Å². The number of benzene rings is 1. The van der Waals surface area contributed by atoms with Gasteiger partial charge in [-0.1, -0.05) is 13.0 Å². The predicted molar refractivity (Wildman–Crippen MR) is 60.7 cm³/mol. The first-order valence-corrected chi connectivity index (χ1v) is 5.12. The third kappa shape index (κ3) is 3.04. The van der Waals surface area contributed by atoms with Crippen molar-refractivity contribution in [2.45, 2.75) is 33.3 Å². The molecule has 1 rings (SSSR count). The van der Waals surface area contributed by atoms with Gasteiger partial charge in [0.25, 0.3) is 0 Å². The highest BCUT2D eigenvalue weighted by Crippen LogP contribution is 2.14. The molecule has 0 saturated heterocycles. The molecule has 0 saturated carbocycles. The van der Waals surface area contributed by atoms with Gasteiger partial charge in [0.15, 0.2) is 0 Å². The summed E-state index contributed by atoms with van der Waals surface area (Å²) in [6.07, 6.45) is 0.536. The van der Waals surface area contributed by atoms with Crippen molar-refractivity contribution in [1.82, 2.24) is 0 Å². The van der Waals surface area contributed by atoms with Crippen molar-refractivity contribution in [3.05, 3.63) is 29.3 Å². The maximum Gasteiger partial charge on any atom is 0.0709 e. The molecule has 2 heteroatoms. The Bertz CT molecular complexity index is 296. The number of anilines is 1. The fourth-order valence-corrected chi connectivity index (χ4v) is 1.23. The average Bonchev–Trinajstić information content (AvgIpc) is 2.19. The van der Waals surface area contributed by atoms with E-state index < -0.39 is 0 Å². The summed E-state index contributed by atoms with van der Waals surface area (Å²) in [5.74, 6) is 0. The zero-order valence-corrected chi connectivity index (χ0v) is 9.17. The topological polar surface area (TPSA) is 32.3 Å². The zero-order chi connectivity index (χ0) is 10.6. The molecule has 0 aliphatic carbocycles. The Balaban J connectivity index is 2.55. The number of hydrogen-bond acceptors (Lipinski definition) is 2. The largest absolute Gasteiger partial charge is 0.391 e. The van der Waals surface area contributed by atoms with E-state index in [1.165, 1.54) is 11.1 Å². The smallest absolute Gasteiger partial charge is 0.0709 e. The molecular formula is C12H19NO. The third-order valence-electron chi connectivity index (χ3n) is 2.52. The van der Waals surface area contributed by atoms with Gasteiger partial charge in [-0.05, 0) is 43.5 Å². The van der Waals surface area contributed by atoms with E-state index in [0.29, 0.717) is 6.54 Å². The van der Waals surface area contributed by atoms with Crippen LogP contribution in [-0.2, 0) is 0 Å². The number of nitrogens with one attached hydrogen (secondary N) is 1. The molecule has 1 aromatic carbocycles. The van der Waals surface area contributed by atoms with Gasteiger partial charge in [0.05, 0.1) is 6.10 Å². The maximum atomic E-state index is 9.38. The number of aliphatic hydroxyl groups excluding tert-OH is 1. The van der Waals surface area contributed by atoms with Crippen molar-refractivity contribution in [3.8, 4) is 0 Å². The maximum absolute atomic E-state index is 9.38. The monoisotopic (exact) mass is 193 g/mol. The van der Waals surface area contributed by atoms with Crippen LogP contribution in [0.5, 0.6) is 0 Å². The number of hydrogen-bond donors (Lipinski definition) is 2. The van der Waals surface area contributed by atoms with Gasteiger partial charge in [0.1, 0.15) is 0 Å². The van der Waals surface area contributed by atoms with Gasteiger partial charge in [-0.15, -0.1) is 0 Å². The summed E-state index contributed by atoms with van der Waals surface area (Å²) in [5, 5.41) is 12.6. The van der Waals surface area contributed by atoms with Crippen molar-refractivity contribution in [1.29, 1.82) is 0 Å². The predicted octanol–water partition coefficient (Wildman–Crippen LogP) is 2.49. The van der Waals surface area contributed by atoms with Crippen LogP contribution >= 0.6 is 0 Å². The Labute approximate surface area is 86.0 Å². The molecule has 0 heterocycles. The lowest BCUT2D eigenvalue weighted by atomic mass is 10.1. The lowest BCUT2D eigenvalue weighted by molar-refractivity contribution is 0.183. The molecule has 0 fully saturated rings. The minimum Gasteiger partial charge on any atom is -0.391 e. The minimum atomic E-state index is -0.253. The summed E-state index contributed by atoms with van der Waals surface area (Å²) < 4.78 is 0. The third-order valence-corrected chi connectivity index (χ3v) is 2.52. The van der Waals surface area contributed by atoms with Gasteiger partial charge in [-0.2, -0.15) is 0 Å². The van der Waals surface area contributed by atoms with Crippen LogP contribution in [0.4, 0.5) is 5.69 Å². The van der Waals surface area contributed by atoms with Gasteiger partial charge >= 0.3 is 0 Å². The lowest BCUT2D eigenvalue weighted by Crippen LogP contribution is -2.18. The Morgan fingerprint density at radius 3 is 2.57 bits per heavy atom. The van der Waals surface area contributed by atoms with Gasteiger partial charge in [-0.25, -0.2) is 0 Å². The Morgan fingerprint density at radius 1 is 1.29 bits per heavy atom. The molecule has 0 aliphatic heterocycles. The highest BCUT2D eigenvalue weighted by atomic mass is 16.3. The van der Waals surface area contributed by atoms with E-state index in [-0.39, 0.29) is 6.10 Å². The molecule has 2 nitrogen and oxygen atoms in total. The van der Waals surface area contributed by atoms with Crippen LogP contribution in [0, 0.1) is 13.8 Å². The molecule has 0 spiro atoms. The second-order valence-electron chi connectivity index (χ2n) is 3.74. The van der Waals surface area contributed by atoms with Crippen molar-refractivity contribution in [3.63, 3.8) is 0 Å². The van der Waals surface area contributed by atoms with Crippen LogP contribution < -0.4 is 5.32 Å². The van der Waals surface area contributed by atoms with Crippen molar-refractivity contribution >= 4 is 5.69 Å². The molecule has 0 bridgehead atoms. The molecule has 0 amide bonds. The Morgan fingerprint density at radius 2 is 2.00 bits per heavy atom. The van der Waals surface area contributed by atoms with Gasteiger partial charge in [-0.3, -0.25) is 0 Å². The van der Waals surface area contributed by atoms with Crippen molar-refractivity contribution in [2.75, 3.05) is 11.9 Å². The molecule has 0 aliphatic rings. The van der Waals surface area contributed by atoms with Crippen LogP contribution in [0.25, 0.3) is 0 Å². The summed E-state index contributed by atoms with van der Waals surface area (Å²) in [7, 11) is 0. The average molecular weight is 193 g/mol. The molecule has 1 aromatic rings. The van der Waals surface area contributed by atoms with E-state index in [1.54, 1.807) is 0 Å². The van der Waals surface area contributed by atoms with Crippen LogP contribution in [0.1, 0.15) is 24.5 Å². The molecule has 1 unspecified atom stereocenters. The number of aliphatic hydroxyl groups is 1. The first-order valence-electron chi connectivity index (χ1n) is 5.12. The van der Waals surface area contributed by atoms with Gasteiger partial charge < -0.3 is 10.4 Å². The number of rotatable bonds is 4. The molecule has 0 aromatic heterocycles. The van der Waals surface area contributed by atoms with Crippen molar-refractivity contribution in [2.24, 2.45) is 0 Å².